The zero-order valence-corrected chi connectivity index (χ0v) is 13.7. The van der Waals surface area contributed by atoms with Gasteiger partial charge < -0.3 is 10.1 Å². The highest BCUT2D eigenvalue weighted by atomic mass is 79.9. The van der Waals surface area contributed by atoms with E-state index in [9.17, 15) is 4.79 Å². The standard InChI is InChI=1S/C15H18BrN3O2/c1-3-11-4-6-12(7-5-11)21-9-8-17-15-18-10(2)13(16)14(20)19-15/h4-7H,3,8-9H2,1-2H3,(H2,17,18,19,20). The van der Waals surface area contributed by atoms with Crippen LogP contribution in [0.4, 0.5) is 5.95 Å². The second-order valence-corrected chi connectivity index (χ2v) is 5.38. The fourth-order valence-electron chi connectivity index (χ4n) is 1.81. The average molecular weight is 352 g/mol. The maximum Gasteiger partial charge on any atom is 0.266 e. The van der Waals surface area contributed by atoms with Gasteiger partial charge in [0.25, 0.3) is 5.56 Å². The van der Waals surface area contributed by atoms with E-state index in [0.717, 1.165) is 12.2 Å². The van der Waals surface area contributed by atoms with Crippen molar-refractivity contribution in [3.8, 4) is 5.75 Å². The molecule has 1 aromatic heterocycles. The van der Waals surface area contributed by atoms with E-state index in [1.807, 2.05) is 12.1 Å². The Morgan fingerprint density at radius 1 is 1.33 bits per heavy atom. The van der Waals surface area contributed by atoms with E-state index < -0.39 is 0 Å². The predicted octanol–water partition coefficient (Wildman–Crippen LogP) is 2.89. The molecule has 0 aliphatic heterocycles. The van der Waals surface area contributed by atoms with Gasteiger partial charge in [-0.25, -0.2) is 4.98 Å². The van der Waals surface area contributed by atoms with Crippen molar-refractivity contribution < 1.29 is 4.74 Å². The molecule has 0 bridgehead atoms. The topological polar surface area (TPSA) is 67.0 Å². The summed E-state index contributed by atoms with van der Waals surface area (Å²) in [6.07, 6.45) is 1.02. The molecule has 5 nitrogen and oxygen atoms in total. The summed E-state index contributed by atoms with van der Waals surface area (Å²) >= 11 is 3.18. The van der Waals surface area contributed by atoms with Crippen LogP contribution in [0.3, 0.4) is 0 Å². The molecule has 112 valence electrons. The molecule has 21 heavy (non-hydrogen) atoms. The number of aryl methyl sites for hydroxylation is 2. The monoisotopic (exact) mass is 351 g/mol. The van der Waals surface area contributed by atoms with Crippen LogP contribution in [-0.4, -0.2) is 23.1 Å². The Morgan fingerprint density at radius 3 is 2.67 bits per heavy atom. The van der Waals surface area contributed by atoms with Crippen LogP contribution in [0.5, 0.6) is 5.75 Å². The van der Waals surface area contributed by atoms with E-state index in [4.69, 9.17) is 4.74 Å². The average Bonchev–Trinajstić information content (AvgIpc) is 2.49. The van der Waals surface area contributed by atoms with Gasteiger partial charge >= 0.3 is 0 Å². The highest BCUT2D eigenvalue weighted by Crippen LogP contribution is 2.12. The van der Waals surface area contributed by atoms with Gasteiger partial charge in [-0.15, -0.1) is 0 Å². The van der Waals surface area contributed by atoms with Crippen molar-refractivity contribution in [3.63, 3.8) is 0 Å². The van der Waals surface area contributed by atoms with Gasteiger partial charge in [0.05, 0.1) is 12.2 Å². The van der Waals surface area contributed by atoms with Crippen molar-refractivity contribution in [2.75, 3.05) is 18.5 Å². The van der Waals surface area contributed by atoms with Crippen LogP contribution in [-0.2, 0) is 6.42 Å². The first-order chi connectivity index (χ1) is 10.1. The zero-order valence-electron chi connectivity index (χ0n) is 12.1. The smallest absolute Gasteiger partial charge is 0.266 e. The van der Waals surface area contributed by atoms with E-state index in [-0.39, 0.29) is 5.56 Å². The largest absolute Gasteiger partial charge is 0.492 e. The normalized spacial score (nSPS) is 10.4. The number of nitrogens with one attached hydrogen (secondary N) is 2. The van der Waals surface area contributed by atoms with E-state index >= 15 is 0 Å². The first kappa shape index (κ1) is 15.6. The third-order valence-corrected chi connectivity index (χ3v) is 3.96. The van der Waals surface area contributed by atoms with Crippen LogP contribution in [0.25, 0.3) is 0 Å². The minimum absolute atomic E-state index is 0.193. The second-order valence-electron chi connectivity index (χ2n) is 4.59. The minimum Gasteiger partial charge on any atom is -0.492 e. The molecular weight excluding hydrogens is 334 g/mol. The van der Waals surface area contributed by atoms with E-state index in [1.165, 1.54) is 5.56 Å². The van der Waals surface area contributed by atoms with Crippen LogP contribution in [0.2, 0.25) is 0 Å². The van der Waals surface area contributed by atoms with Gasteiger partial charge in [0, 0.05) is 0 Å². The molecule has 0 unspecified atom stereocenters. The molecular formula is C15H18BrN3O2. The molecule has 0 radical (unpaired) electrons. The summed E-state index contributed by atoms with van der Waals surface area (Å²) < 4.78 is 6.08. The number of hydrogen-bond donors (Lipinski definition) is 2. The first-order valence-electron chi connectivity index (χ1n) is 6.82. The SMILES string of the molecule is CCc1ccc(OCCNc2nc(C)c(Br)c(=O)[nH]2)cc1. The maximum atomic E-state index is 11.6. The van der Waals surface area contributed by atoms with Crippen molar-refractivity contribution in [2.45, 2.75) is 20.3 Å². The summed E-state index contributed by atoms with van der Waals surface area (Å²) in [5.41, 5.74) is 1.74. The van der Waals surface area contributed by atoms with E-state index in [2.05, 4.69) is 50.3 Å². The summed E-state index contributed by atoms with van der Waals surface area (Å²) in [6, 6.07) is 8.03. The third kappa shape index (κ3) is 4.32. The van der Waals surface area contributed by atoms with Crippen LogP contribution in [0.15, 0.2) is 33.5 Å². The zero-order chi connectivity index (χ0) is 15.2. The Morgan fingerprint density at radius 2 is 2.05 bits per heavy atom. The fourth-order valence-corrected chi connectivity index (χ4v) is 2.00. The molecule has 2 N–H and O–H groups in total. The molecule has 2 rings (SSSR count). The Kier molecular flexibility index (Phi) is 5.38. The Balaban J connectivity index is 1.83. The molecule has 1 aromatic carbocycles. The van der Waals surface area contributed by atoms with Gasteiger partial charge in [0.1, 0.15) is 16.8 Å². The molecule has 0 aliphatic rings. The highest BCUT2D eigenvalue weighted by Gasteiger charge is 2.04. The quantitative estimate of drug-likeness (QED) is 0.785. The van der Waals surface area contributed by atoms with Gasteiger partial charge in [-0.05, 0) is 47.0 Å². The molecule has 0 aliphatic carbocycles. The molecule has 0 amide bonds. The Labute approximate surface area is 131 Å². The Hall–Kier alpha value is -1.82. The third-order valence-electron chi connectivity index (χ3n) is 3.02. The molecule has 6 heteroatoms. The number of nitrogens with zero attached hydrogens (tertiary/aromatic N) is 1. The number of aromatic nitrogens is 2. The minimum atomic E-state index is -0.193. The fraction of sp³-hybridized carbons (Fsp3) is 0.333. The van der Waals surface area contributed by atoms with Crippen LogP contribution in [0, 0.1) is 6.92 Å². The van der Waals surface area contributed by atoms with E-state index in [1.54, 1.807) is 6.92 Å². The van der Waals surface area contributed by atoms with Gasteiger partial charge in [0.2, 0.25) is 5.95 Å². The van der Waals surface area contributed by atoms with Gasteiger partial charge in [0.15, 0.2) is 0 Å². The van der Waals surface area contributed by atoms with Gasteiger partial charge in [-0.3, -0.25) is 9.78 Å². The molecule has 2 aromatic rings. The number of rotatable bonds is 6. The second kappa shape index (κ2) is 7.26. The number of benzene rings is 1. The lowest BCUT2D eigenvalue weighted by Gasteiger charge is -2.09. The predicted molar refractivity (Wildman–Crippen MR) is 87.1 cm³/mol. The summed E-state index contributed by atoms with van der Waals surface area (Å²) in [5.74, 6) is 1.29. The molecule has 1 heterocycles. The number of H-pyrrole nitrogens is 1. The van der Waals surface area contributed by atoms with Crippen molar-refractivity contribution in [2.24, 2.45) is 0 Å². The molecule has 0 saturated heterocycles. The summed E-state index contributed by atoms with van der Waals surface area (Å²) in [7, 11) is 0. The van der Waals surface area contributed by atoms with Gasteiger partial charge in [-0.1, -0.05) is 19.1 Å². The van der Waals surface area contributed by atoms with Crippen molar-refractivity contribution in [1.29, 1.82) is 0 Å². The number of halogens is 1. The van der Waals surface area contributed by atoms with Crippen molar-refractivity contribution in [3.05, 3.63) is 50.3 Å². The lowest BCUT2D eigenvalue weighted by Crippen LogP contribution is -2.18. The van der Waals surface area contributed by atoms with Crippen molar-refractivity contribution in [1.82, 2.24) is 9.97 Å². The van der Waals surface area contributed by atoms with Crippen LogP contribution >= 0.6 is 15.9 Å². The number of hydrogen-bond acceptors (Lipinski definition) is 4. The van der Waals surface area contributed by atoms with Crippen LogP contribution in [0.1, 0.15) is 18.2 Å². The summed E-state index contributed by atoms with van der Waals surface area (Å²) in [4.78, 5) is 18.4. The lowest BCUT2D eigenvalue weighted by atomic mass is 10.2. The highest BCUT2D eigenvalue weighted by molar-refractivity contribution is 9.10. The summed E-state index contributed by atoms with van der Waals surface area (Å²) in [5, 5.41) is 3.03. The molecule has 0 atom stereocenters. The molecule has 0 saturated carbocycles. The Bertz CT molecular complexity index is 653. The number of anilines is 1. The molecule has 0 fully saturated rings. The number of ether oxygens (including phenoxy) is 1. The van der Waals surface area contributed by atoms with E-state index in [0.29, 0.717) is 29.3 Å². The molecule has 0 spiro atoms. The maximum absolute atomic E-state index is 11.6. The first-order valence-corrected chi connectivity index (χ1v) is 7.61. The van der Waals surface area contributed by atoms with Gasteiger partial charge in [-0.2, -0.15) is 0 Å². The van der Waals surface area contributed by atoms with Crippen molar-refractivity contribution >= 4 is 21.9 Å². The summed E-state index contributed by atoms with van der Waals surface area (Å²) in [6.45, 7) is 4.94. The number of aromatic amines is 1. The van der Waals surface area contributed by atoms with Crippen LogP contribution < -0.4 is 15.6 Å². The lowest BCUT2D eigenvalue weighted by molar-refractivity contribution is 0.332.